The standard InChI is InChI=1S/C14H19NO3.ClH/c1-3-15(4-2)8-7-12(16)11-5-6-13-14(9-11)18-10-17-13;/h5-6,9H,3-4,7-8,10H2,1-2H3;1H. The Morgan fingerprint density at radius 2 is 1.89 bits per heavy atom. The molecular formula is C14H20ClNO3. The molecule has 0 unspecified atom stereocenters. The van der Waals surface area contributed by atoms with Crippen molar-refractivity contribution in [3.05, 3.63) is 23.8 Å². The SMILES string of the molecule is CCN(CC)CCC(=O)c1ccc2c(c1)OCO2.Cl. The molecule has 0 N–H and O–H groups in total. The van der Waals surface area contributed by atoms with Crippen LogP contribution >= 0.6 is 12.4 Å². The summed E-state index contributed by atoms with van der Waals surface area (Å²) in [7, 11) is 0. The number of nitrogens with zero attached hydrogens (tertiary/aromatic N) is 1. The molecule has 1 aliphatic heterocycles. The topological polar surface area (TPSA) is 38.8 Å². The van der Waals surface area contributed by atoms with E-state index in [1.54, 1.807) is 18.2 Å². The highest BCUT2D eigenvalue weighted by Crippen LogP contribution is 2.32. The molecular weight excluding hydrogens is 266 g/mol. The smallest absolute Gasteiger partial charge is 0.231 e. The summed E-state index contributed by atoms with van der Waals surface area (Å²) in [5.74, 6) is 1.54. The monoisotopic (exact) mass is 285 g/mol. The van der Waals surface area contributed by atoms with Crippen LogP contribution < -0.4 is 9.47 Å². The second kappa shape index (κ2) is 7.36. The Hall–Kier alpha value is -1.26. The first-order chi connectivity index (χ1) is 8.74. The maximum absolute atomic E-state index is 12.1. The minimum atomic E-state index is 0. The molecule has 0 aliphatic carbocycles. The third-order valence-corrected chi connectivity index (χ3v) is 3.24. The largest absolute Gasteiger partial charge is 0.454 e. The van der Waals surface area contributed by atoms with Crippen molar-refractivity contribution >= 4 is 18.2 Å². The van der Waals surface area contributed by atoms with Crippen LogP contribution in [0.3, 0.4) is 0 Å². The molecule has 0 amide bonds. The molecule has 1 heterocycles. The van der Waals surface area contributed by atoms with Crippen LogP contribution in [0.25, 0.3) is 0 Å². The van der Waals surface area contributed by atoms with E-state index in [1.807, 2.05) is 0 Å². The molecule has 1 aromatic carbocycles. The zero-order valence-electron chi connectivity index (χ0n) is 11.3. The fraction of sp³-hybridized carbons (Fsp3) is 0.500. The van der Waals surface area contributed by atoms with Crippen molar-refractivity contribution in [2.45, 2.75) is 20.3 Å². The summed E-state index contributed by atoms with van der Waals surface area (Å²) < 4.78 is 10.5. The lowest BCUT2D eigenvalue weighted by Gasteiger charge is -2.17. The van der Waals surface area contributed by atoms with E-state index in [-0.39, 0.29) is 25.0 Å². The van der Waals surface area contributed by atoms with Gasteiger partial charge in [-0.15, -0.1) is 12.4 Å². The first-order valence-corrected chi connectivity index (χ1v) is 6.39. The molecule has 0 bridgehead atoms. The van der Waals surface area contributed by atoms with Crippen molar-refractivity contribution in [1.82, 2.24) is 4.90 Å². The quantitative estimate of drug-likeness (QED) is 0.754. The van der Waals surface area contributed by atoms with Crippen molar-refractivity contribution in [3.8, 4) is 11.5 Å². The van der Waals surface area contributed by atoms with Gasteiger partial charge in [0.2, 0.25) is 6.79 Å². The third kappa shape index (κ3) is 3.85. The Bertz CT molecular complexity index is 433. The van der Waals surface area contributed by atoms with E-state index in [0.717, 1.165) is 25.4 Å². The van der Waals surface area contributed by atoms with Gasteiger partial charge in [0.25, 0.3) is 0 Å². The number of hydrogen-bond donors (Lipinski definition) is 0. The number of rotatable bonds is 6. The molecule has 19 heavy (non-hydrogen) atoms. The fourth-order valence-electron chi connectivity index (χ4n) is 2.01. The molecule has 1 aromatic rings. The fourth-order valence-corrected chi connectivity index (χ4v) is 2.01. The van der Waals surface area contributed by atoms with Gasteiger partial charge in [-0.2, -0.15) is 0 Å². The number of Topliss-reactive ketones (excluding diaryl/α,β-unsaturated/α-hetero) is 1. The first kappa shape index (κ1) is 15.8. The van der Waals surface area contributed by atoms with E-state index < -0.39 is 0 Å². The van der Waals surface area contributed by atoms with Gasteiger partial charge >= 0.3 is 0 Å². The molecule has 2 rings (SSSR count). The molecule has 4 nitrogen and oxygen atoms in total. The van der Waals surface area contributed by atoms with Gasteiger partial charge in [0, 0.05) is 18.5 Å². The first-order valence-electron chi connectivity index (χ1n) is 6.39. The number of ether oxygens (including phenoxy) is 2. The Kier molecular flexibility index (Phi) is 6.12. The minimum absolute atomic E-state index is 0. The molecule has 1 aliphatic rings. The highest BCUT2D eigenvalue weighted by Gasteiger charge is 2.16. The zero-order chi connectivity index (χ0) is 13.0. The van der Waals surface area contributed by atoms with E-state index in [1.165, 1.54) is 0 Å². The molecule has 0 fully saturated rings. The lowest BCUT2D eigenvalue weighted by atomic mass is 10.1. The maximum atomic E-state index is 12.1. The van der Waals surface area contributed by atoms with Crippen LogP contribution in [0.2, 0.25) is 0 Å². The van der Waals surface area contributed by atoms with Crippen LogP contribution in [-0.2, 0) is 0 Å². The molecule has 0 spiro atoms. The average molecular weight is 286 g/mol. The summed E-state index contributed by atoms with van der Waals surface area (Å²) in [4.78, 5) is 14.3. The summed E-state index contributed by atoms with van der Waals surface area (Å²) in [5, 5.41) is 0. The van der Waals surface area contributed by atoms with Crippen molar-refractivity contribution in [1.29, 1.82) is 0 Å². The van der Waals surface area contributed by atoms with Gasteiger partial charge in [0.15, 0.2) is 17.3 Å². The van der Waals surface area contributed by atoms with Gasteiger partial charge in [-0.3, -0.25) is 4.79 Å². The van der Waals surface area contributed by atoms with E-state index in [2.05, 4.69) is 18.7 Å². The number of fused-ring (bicyclic) bond motifs is 1. The Labute approximate surface area is 120 Å². The van der Waals surface area contributed by atoms with Crippen LogP contribution in [0.1, 0.15) is 30.6 Å². The number of benzene rings is 1. The van der Waals surface area contributed by atoms with Crippen LogP contribution in [0.4, 0.5) is 0 Å². The van der Waals surface area contributed by atoms with Crippen LogP contribution in [0.5, 0.6) is 11.5 Å². The number of halogens is 1. The molecule has 0 aromatic heterocycles. The van der Waals surface area contributed by atoms with Gasteiger partial charge in [-0.1, -0.05) is 13.8 Å². The summed E-state index contributed by atoms with van der Waals surface area (Å²) in [6.07, 6.45) is 0.543. The molecule has 106 valence electrons. The molecule has 0 saturated heterocycles. The maximum Gasteiger partial charge on any atom is 0.231 e. The predicted octanol–water partition coefficient (Wildman–Crippen LogP) is 2.75. The zero-order valence-corrected chi connectivity index (χ0v) is 12.2. The second-order valence-electron chi connectivity index (χ2n) is 4.27. The number of ketones is 1. The third-order valence-electron chi connectivity index (χ3n) is 3.24. The average Bonchev–Trinajstić information content (AvgIpc) is 2.86. The Morgan fingerprint density at radius 1 is 1.21 bits per heavy atom. The second-order valence-corrected chi connectivity index (χ2v) is 4.27. The summed E-state index contributed by atoms with van der Waals surface area (Å²) in [6, 6.07) is 5.37. The summed E-state index contributed by atoms with van der Waals surface area (Å²) in [6.45, 7) is 7.21. The van der Waals surface area contributed by atoms with Crippen molar-refractivity contribution in [3.63, 3.8) is 0 Å². The molecule has 5 heteroatoms. The molecule has 0 saturated carbocycles. The van der Waals surface area contributed by atoms with E-state index in [4.69, 9.17) is 9.47 Å². The number of carbonyl (C=O) groups excluding carboxylic acids is 1. The van der Waals surface area contributed by atoms with Gasteiger partial charge in [0.05, 0.1) is 0 Å². The summed E-state index contributed by atoms with van der Waals surface area (Å²) in [5.41, 5.74) is 0.700. The highest BCUT2D eigenvalue weighted by molar-refractivity contribution is 5.96. The van der Waals surface area contributed by atoms with Crippen molar-refractivity contribution in [2.75, 3.05) is 26.4 Å². The van der Waals surface area contributed by atoms with Gasteiger partial charge in [0.1, 0.15) is 0 Å². The number of carbonyl (C=O) groups is 1. The predicted molar refractivity (Wildman–Crippen MR) is 76.5 cm³/mol. The summed E-state index contributed by atoms with van der Waals surface area (Å²) >= 11 is 0. The Balaban J connectivity index is 0.00000180. The van der Waals surface area contributed by atoms with Crippen LogP contribution in [-0.4, -0.2) is 37.1 Å². The van der Waals surface area contributed by atoms with E-state index in [9.17, 15) is 4.79 Å². The lowest BCUT2D eigenvalue weighted by molar-refractivity contribution is 0.0966. The minimum Gasteiger partial charge on any atom is -0.454 e. The van der Waals surface area contributed by atoms with Crippen molar-refractivity contribution < 1.29 is 14.3 Å². The van der Waals surface area contributed by atoms with Gasteiger partial charge in [-0.05, 0) is 31.3 Å². The van der Waals surface area contributed by atoms with Gasteiger partial charge < -0.3 is 14.4 Å². The van der Waals surface area contributed by atoms with Crippen molar-refractivity contribution in [2.24, 2.45) is 0 Å². The molecule has 0 atom stereocenters. The van der Waals surface area contributed by atoms with E-state index >= 15 is 0 Å². The normalized spacial score (nSPS) is 12.4. The molecule has 0 radical (unpaired) electrons. The van der Waals surface area contributed by atoms with E-state index in [0.29, 0.717) is 17.7 Å². The van der Waals surface area contributed by atoms with Crippen LogP contribution in [0.15, 0.2) is 18.2 Å². The number of hydrogen-bond acceptors (Lipinski definition) is 4. The lowest BCUT2D eigenvalue weighted by Crippen LogP contribution is -2.25. The van der Waals surface area contributed by atoms with Gasteiger partial charge in [-0.25, -0.2) is 0 Å². The Morgan fingerprint density at radius 3 is 2.58 bits per heavy atom. The highest BCUT2D eigenvalue weighted by atomic mass is 35.5. The van der Waals surface area contributed by atoms with Crippen LogP contribution in [0, 0.1) is 0 Å².